The Morgan fingerprint density at radius 3 is 1.71 bits per heavy atom. The van der Waals surface area contributed by atoms with Crippen molar-refractivity contribution in [3.63, 3.8) is 0 Å². The molecule has 4 rings (SSSR count). The molecule has 4 aromatic rings. The zero-order valence-corrected chi connectivity index (χ0v) is 15.7. The zero-order chi connectivity index (χ0) is 19.2. The fourth-order valence-corrected chi connectivity index (χ4v) is 3.21. The van der Waals surface area contributed by atoms with Gasteiger partial charge in [0, 0.05) is 11.1 Å². The van der Waals surface area contributed by atoms with Crippen LogP contribution in [0.15, 0.2) is 103 Å². The van der Waals surface area contributed by atoms with Gasteiger partial charge in [-0.05, 0) is 46.5 Å². The summed E-state index contributed by atoms with van der Waals surface area (Å²) in [5.74, 6) is 7.62. The lowest BCUT2D eigenvalue weighted by Crippen LogP contribution is -1.91. The summed E-state index contributed by atoms with van der Waals surface area (Å²) in [7, 11) is 1.68. The van der Waals surface area contributed by atoms with E-state index in [-0.39, 0.29) is 0 Å². The maximum absolute atomic E-state index is 5.31. The minimum absolute atomic E-state index is 0.847. The largest absolute Gasteiger partial charge is 0.497 e. The molecular weight excluding hydrogens is 340 g/mol. The Bertz CT molecular complexity index is 1120. The quantitative estimate of drug-likeness (QED) is 0.383. The van der Waals surface area contributed by atoms with E-state index in [1.807, 2.05) is 48.5 Å². The van der Waals surface area contributed by atoms with E-state index in [0.717, 1.165) is 39.1 Å². The first-order valence-electron chi connectivity index (χ1n) is 9.25. The van der Waals surface area contributed by atoms with Crippen LogP contribution in [0.5, 0.6) is 5.75 Å². The van der Waals surface area contributed by atoms with Crippen molar-refractivity contribution < 1.29 is 4.74 Å². The molecule has 0 aromatic heterocycles. The first kappa shape index (κ1) is 17.6. The Labute approximate surface area is 166 Å². The van der Waals surface area contributed by atoms with Crippen LogP contribution in [0.2, 0.25) is 0 Å². The summed E-state index contributed by atoms with van der Waals surface area (Å²) in [6.07, 6.45) is 0. The Morgan fingerprint density at radius 1 is 0.536 bits per heavy atom. The predicted molar refractivity (Wildman–Crippen MR) is 116 cm³/mol. The number of ether oxygens (including phenoxy) is 1. The molecule has 0 radical (unpaired) electrons. The fourth-order valence-electron chi connectivity index (χ4n) is 3.21. The summed E-state index contributed by atoms with van der Waals surface area (Å²) in [5, 5.41) is 0. The molecule has 0 aliphatic heterocycles. The summed E-state index contributed by atoms with van der Waals surface area (Å²) in [6.45, 7) is 0. The number of methoxy groups -OCH3 is 1. The second kappa shape index (κ2) is 8.29. The number of hydrogen-bond acceptors (Lipinski definition) is 1. The first-order valence-corrected chi connectivity index (χ1v) is 9.25. The van der Waals surface area contributed by atoms with Gasteiger partial charge in [0.05, 0.1) is 7.11 Å². The Hall–Kier alpha value is -3.76. The molecule has 0 spiro atoms. The van der Waals surface area contributed by atoms with E-state index >= 15 is 0 Å². The molecule has 0 saturated carbocycles. The third-order valence-electron chi connectivity index (χ3n) is 4.66. The lowest BCUT2D eigenvalue weighted by molar-refractivity contribution is 0.415. The van der Waals surface area contributed by atoms with Gasteiger partial charge in [-0.2, -0.15) is 0 Å². The Kier molecular flexibility index (Phi) is 5.22. The molecule has 134 valence electrons. The van der Waals surface area contributed by atoms with E-state index in [4.69, 9.17) is 4.74 Å². The van der Waals surface area contributed by atoms with Gasteiger partial charge in [0.15, 0.2) is 0 Å². The van der Waals surface area contributed by atoms with Crippen molar-refractivity contribution in [3.8, 4) is 39.8 Å². The highest BCUT2D eigenvalue weighted by atomic mass is 16.5. The molecule has 0 saturated heterocycles. The van der Waals surface area contributed by atoms with Gasteiger partial charge in [-0.1, -0.05) is 90.7 Å². The first-order chi connectivity index (χ1) is 13.8. The Balaban J connectivity index is 1.89. The molecule has 4 aromatic carbocycles. The van der Waals surface area contributed by atoms with Crippen LogP contribution in [0.1, 0.15) is 11.1 Å². The van der Waals surface area contributed by atoms with Gasteiger partial charge in [-0.3, -0.25) is 0 Å². The summed E-state index contributed by atoms with van der Waals surface area (Å²) < 4.78 is 5.31. The highest BCUT2D eigenvalue weighted by molar-refractivity contribution is 5.83. The summed E-state index contributed by atoms with van der Waals surface area (Å²) >= 11 is 0. The average Bonchev–Trinajstić information content (AvgIpc) is 2.79. The SMILES string of the molecule is COc1ccc(-c2cccc(-c3ccccc3)c2C#Cc2ccccc2)cc1. The lowest BCUT2D eigenvalue weighted by Gasteiger charge is -2.12. The third-order valence-corrected chi connectivity index (χ3v) is 4.66. The molecule has 0 unspecified atom stereocenters. The number of hydrogen-bond donors (Lipinski definition) is 0. The van der Waals surface area contributed by atoms with Crippen molar-refractivity contribution in [1.29, 1.82) is 0 Å². The number of rotatable bonds is 3. The van der Waals surface area contributed by atoms with Gasteiger partial charge in [-0.15, -0.1) is 0 Å². The average molecular weight is 360 g/mol. The highest BCUT2D eigenvalue weighted by Gasteiger charge is 2.10. The van der Waals surface area contributed by atoms with Crippen LogP contribution in [0.25, 0.3) is 22.3 Å². The molecule has 0 N–H and O–H groups in total. The molecule has 0 atom stereocenters. The summed E-state index contributed by atoms with van der Waals surface area (Å²) in [6, 6.07) is 35.0. The van der Waals surface area contributed by atoms with E-state index < -0.39 is 0 Å². The molecule has 0 amide bonds. The monoisotopic (exact) mass is 360 g/mol. The van der Waals surface area contributed by atoms with Gasteiger partial charge in [0.25, 0.3) is 0 Å². The molecule has 1 heteroatoms. The van der Waals surface area contributed by atoms with E-state index in [1.165, 1.54) is 0 Å². The van der Waals surface area contributed by atoms with Crippen LogP contribution in [-0.4, -0.2) is 7.11 Å². The normalized spacial score (nSPS) is 10.0. The maximum atomic E-state index is 5.31. The second-order valence-corrected chi connectivity index (χ2v) is 6.44. The lowest BCUT2D eigenvalue weighted by atomic mass is 9.92. The Morgan fingerprint density at radius 2 is 1.11 bits per heavy atom. The molecule has 0 aliphatic carbocycles. The van der Waals surface area contributed by atoms with E-state index in [0.29, 0.717) is 0 Å². The van der Waals surface area contributed by atoms with Crippen LogP contribution in [0, 0.1) is 11.8 Å². The fraction of sp³-hybridized carbons (Fsp3) is 0.0370. The van der Waals surface area contributed by atoms with Crippen molar-refractivity contribution >= 4 is 0 Å². The topological polar surface area (TPSA) is 9.23 Å². The van der Waals surface area contributed by atoms with Gasteiger partial charge >= 0.3 is 0 Å². The highest BCUT2D eigenvalue weighted by Crippen LogP contribution is 2.32. The van der Waals surface area contributed by atoms with Gasteiger partial charge < -0.3 is 4.74 Å². The molecular formula is C27H20O. The predicted octanol–water partition coefficient (Wildman–Crippen LogP) is 6.43. The van der Waals surface area contributed by atoms with E-state index in [1.54, 1.807) is 7.11 Å². The van der Waals surface area contributed by atoms with Crippen molar-refractivity contribution in [1.82, 2.24) is 0 Å². The molecule has 0 fully saturated rings. The molecule has 0 heterocycles. The van der Waals surface area contributed by atoms with Crippen molar-refractivity contribution in [3.05, 3.63) is 114 Å². The van der Waals surface area contributed by atoms with Gasteiger partial charge in [0.1, 0.15) is 5.75 Å². The van der Waals surface area contributed by atoms with E-state index in [2.05, 4.69) is 66.4 Å². The van der Waals surface area contributed by atoms with Crippen molar-refractivity contribution in [2.24, 2.45) is 0 Å². The molecule has 0 bridgehead atoms. The third kappa shape index (κ3) is 3.82. The molecule has 28 heavy (non-hydrogen) atoms. The van der Waals surface area contributed by atoms with Crippen LogP contribution < -0.4 is 4.74 Å². The van der Waals surface area contributed by atoms with Crippen LogP contribution in [0.4, 0.5) is 0 Å². The summed E-state index contributed by atoms with van der Waals surface area (Å²) in [5.41, 5.74) is 6.57. The molecule has 1 nitrogen and oxygen atoms in total. The number of benzene rings is 4. The van der Waals surface area contributed by atoms with Crippen LogP contribution in [-0.2, 0) is 0 Å². The molecule has 0 aliphatic rings. The van der Waals surface area contributed by atoms with Crippen LogP contribution in [0.3, 0.4) is 0 Å². The van der Waals surface area contributed by atoms with Crippen LogP contribution >= 0.6 is 0 Å². The van der Waals surface area contributed by atoms with Crippen molar-refractivity contribution in [2.75, 3.05) is 7.11 Å². The standard InChI is InChI=1S/C27H20O/c1-28-24-18-16-23(17-19-24)26-14-8-13-25(22-11-6-3-7-12-22)27(26)20-15-21-9-4-2-5-10-21/h2-14,16-19H,1H3. The summed E-state index contributed by atoms with van der Waals surface area (Å²) in [4.78, 5) is 0. The second-order valence-electron chi connectivity index (χ2n) is 6.44. The maximum Gasteiger partial charge on any atom is 0.118 e. The van der Waals surface area contributed by atoms with E-state index in [9.17, 15) is 0 Å². The van der Waals surface area contributed by atoms with Gasteiger partial charge in [-0.25, -0.2) is 0 Å². The smallest absolute Gasteiger partial charge is 0.118 e. The zero-order valence-electron chi connectivity index (χ0n) is 15.7. The van der Waals surface area contributed by atoms with Crippen molar-refractivity contribution in [2.45, 2.75) is 0 Å². The minimum atomic E-state index is 0.847. The minimum Gasteiger partial charge on any atom is -0.497 e. The van der Waals surface area contributed by atoms with Gasteiger partial charge in [0.2, 0.25) is 0 Å².